The number of anilines is 1. The highest BCUT2D eigenvalue weighted by atomic mass is 15.1. The Labute approximate surface area is 189 Å². The zero-order chi connectivity index (χ0) is 22.1. The largest absolute Gasteiger partial charge is 0.378 e. The van der Waals surface area contributed by atoms with Crippen LogP contribution >= 0.6 is 0 Å². The Balaban J connectivity index is 1.82. The summed E-state index contributed by atoms with van der Waals surface area (Å²) in [5, 5.41) is 11.6. The molecular formula is C30H26N2. The molecule has 2 nitrogen and oxygen atoms in total. The van der Waals surface area contributed by atoms with Gasteiger partial charge in [0, 0.05) is 30.9 Å². The number of rotatable bonds is 5. The van der Waals surface area contributed by atoms with Gasteiger partial charge in [0.15, 0.2) is 0 Å². The van der Waals surface area contributed by atoms with E-state index in [9.17, 15) is 5.41 Å². The van der Waals surface area contributed by atoms with Crippen LogP contribution in [0.25, 0.3) is 12.2 Å². The summed E-state index contributed by atoms with van der Waals surface area (Å²) in [5.41, 5.74) is 5.39. The van der Waals surface area contributed by atoms with Gasteiger partial charge in [0.1, 0.15) is 0 Å². The third-order valence-electron chi connectivity index (χ3n) is 6.31. The molecule has 0 unspecified atom stereocenters. The molecule has 0 bridgehead atoms. The second-order valence-corrected chi connectivity index (χ2v) is 8.52. The Bertz CT molecular complexity index is 1370. The molecule has 0 radical (unpaired) electrons. The molecule has 0 aliphatic heterocycles. The van der Waals surface area contributed by atoms with Gasteiger partial charge >= 0.3 is 0 Å². The fraction of sp³-hybridized carbons (Fsp3) is 0.100. The molecule has 0 saturated heterocycles. The molecule has 32 heavy (non-hydrogen) atoms. The molecule has 1 N–H and O–H groups in total. The molecule has 5 rings (SSSR count). The van der Waals surface area contributed by atoms with Crippen molar-refractivity contribution in [1.29, 1.82) is 5.41 Å². The molecule has 0 amide bonds. The van der Waals surface area contributed by atoms with Gasteiger partial charge in [0.05, 0.1) is 11.1 Å². The second-order valence-electron chi connectivity index (χ2n) is 8.52. The van der Waals surface area contributed by atoms with E-state index >= 15 is 0 Å². The fourth-order valence-electron chi connectivity index (χ4n) is 4.64. The fourth-order valence-corrected chi connectivity index (χ4v) is 4.64. The third-order valence-corrected chi connectivity index (χ3v) is 6.31. The first-order valence-corrected chi connectivity index (χ1v) is 10.9. The van der Waals surface area contributed by atoms with Crippen LogP contribution in [0.2, 0.25) is 0 Å². The van der Waals surface area contributed by atoms with Gasteiger partial charge in [-0.1, -0.05) is 103 Å². The first-order chi connectivity index (χ1) is 15.6. The molecule has 2 heteroatoms. The highest BCUT2D eigenvalue weighted by Crippen LogP contribution is 2.40. The molecule has 0 atom stereocenters. The van der Waals surface area contributed by atoms with E-state index in [0.717, 1.165) is 22.4 Å². The van der Waals surface area contributed by atoms with Crippen molar-refractivity contribution >= 4 is 23.6 Å². The topological polar surface area (TPSA) is 27.1 Å². The number of benzene rings is 4. The quantitative estimate of drug-likeness (QED) is 0.470. The lowest BCUT2D eigenvalue weighted by atomic mass is 9.72. The summed E-state index contributed by atoms with van der Waals surface area (Å²) in [6.45, 7) is 0. The number of hydrogen-bond acceptors (Lipinski definition) is 2. The monoisotopic (exact) mass is 414 g/mol. The van der Waals surface area contributed by atoms with Gasteiger partial charge in [-0.05, 0) is 33.7 Å². The van der Waals surface area contributed by atoms with E-state index in [4.69, 9.17) is 0 Å². The van der Waals surface area contributed by atoms with Gasteiger partial charge in [0.2, 0.25) is 0 Å². The first kappa shape index (κ1) is 20.0. The van der Waals surface area contributed by atoms with Gasteiger partial charge in [-0.3, -0.25) is 5.41 Å². The van der Waals surface area contributed by atoms with Crippen LogP contribution < -0.4 is 15.3 Å². The minimum atomic E-state index is -0.438. The van der Waals surface area contributed by atoms with Crippen LogP contribution in [-0.2, 0) is 5.41 Å². The maximum Gasteiger partial charge on any atom is 0.0688 e. The van der Waals surface area contributed by atoms with Crippen LogP contribution in [0.15, 0.2) is 103 Å². The summed E-state index contributed by atoms with van der Waals surface area (Å²) >= 11 is 0. The molecule has 156 valence electrons. The highest BCUT2D eigenvalue weighted by Gasteiger charge is 2.35. The molecule has 1 aliphatic rings. The number of hydrogen-bond donors (Lipinski definition) is 1. The SMILES string of the molecule is CN(C)c1ccc(C2(c3ccccc3)C=c3ccccc3=C2)c(C(=N)c2ccccc2)c1. The van der Waals surface area contributed by atoms with Crippen LogP contribution in [-0.4, -0.2) is 19.8 Å². The Morgan fingerprint density at radius 2 is 1.25 bits per heavy atom. The normalized spacial score (nSPS) is 13.6. The standard InChI is InChI=1S/C30H26N2/c1-32(2)26-17-18-28(27(19-26)29(31)22-11-5-3-6-12-22)30(25-15-7-4-8-16-25)20-23-13-9-10-14-24(23)21-30/h3-21,31H,1-2H3. The zero-order valence-corrected chi connectivity index (χ0v) is 18.4. The molecule has 4 aromatic rings. The van der Waals surface area contributed by atoms with E-state index in [0.29, 0.717) is 5.71 Å². The molecule has 0 aromatic heterocycles. The Hall–Kier alpha value is -3.91. The van der Waals surface area contributed by atoms with Crippen LogP contribution in [0.3, 0.4) is 0 Å². The summed E-state index contributed by atoms with van der Waals surface area (Å²) in [6, 6.07) is 35.7. The molecule has 0 spiro atoms. The van der Waals surface area contributed by atoms with Gasteiger partial charge in [-0.2, -0.15) is 0 Å². The molecule has 0 fully saturated rings. The Kier molecular flexibility index (Phi) is 4.99. The van der Waals surface area contributed by atoms with E-state index < -0.39 is 5.41 Å². The van der Waals surface area contributed by atoms with Crippen LogP contribution in [0.1, 0.15) is 22.3 Å². The van der Waals surface area contributed by atoms with E-state index in [-0.39, 0.29) is 0 Å². The van der Waals surface area contributed by atoms with Gasteiger partial charge < -0.3 is 4.90 Å². The molecule has 1 aliphatic carbocycles. The van der Waals surface area contributed by atoms with Crippen molar-refractivity contribution in [3.8, 4) is 0 Å². The van der Waals surface area contributed by atoms with Crippen molar-refractivity contribution in [1.82, 2.24) is 0 Å². The Morgan fingerprint density at radius 3 is 1.84 bits per heavy atom. The smallest absolute Gasteiger partial charge is 0.0688 e. The van der Waals surface area contributed by atoms with Crippen LogP contribution in [0.4, 0.5) is 5.69 Å². The summed E-state index contributed by atoms with van der Waals surface area (Å²) in [5.74, 6) is 0. The lowest BCUT2D eigenvalue weighted by molar-refractivity contribution is 0.918. The van der Waals surface area contributed by atoms with Crippen molar-refractivity contribution in [2.24, 2.45) is 0 Å². The summed E-state index contributed by atoms with van der Waals surface area (Å²) < 4.78 is 0. The number of fused-ring (bicyclic) bond motifs is 1. The Morgan fingerprint density at radius 1 is 0.688 bits per heavy atom. The maximum absolute atomic E-state index is 9.18. The van der Waals surface area contributed by atoms with Gasteiger partial charge in [-0.25, -0.2) is 0 Å². The van der Waals surface area contributed by atoms with Crippen LogP contribution in [0.5, 0.6) is 0 Å². The van der Waals surface area contributed by atoms with Crippen molar-refractivity contribution in [3.63, 3.8) is 0 Å². The number of nitrogens with one attached hydrogen (secondary N) is 1. The van der Waals surface area contributed by atoms with E-state index in [1.165, 1.54) is 16.0 Å². The minimum absolute atomic E-state index is 0.438. The summed E-state index contributed by atoms with van der Waals surface area (Å²) in [6.07, 6.45) is 4.70. The first-order valence-electron chi connectivity index (χ1n) is 10.9. The van der Waals surface area contributed by atoms with Crippen LogP contribution in [0, 0.1) is 5.41 Å². The van der Waals surface area contributed by atoms with Gasteiger partial charge in [0.25, 0.3) is 0 Å². The second kappa shape index (κ2) is 7.97. The highest BCUT2D eigenvalue weighted by molar-refractivity contribution is 6.13. The lowest BCUT2D eigenvalue weighted by Crippen LogP contribution is -2.25. The van der Waals surface area contributed by atoms with Crippen molar-refractivity contribution in [2.45, 2.75) is 5.41 Å². The zero-order valence-electron chi connectivity index (χ0n) is 18.4. The number of nitrogens with zero attached hydrogens (tertiary/aromatic N) is 1. The van der Waals surface area contributed by atoms with Crippen molar-refractivity contribution in [2.75, 3.05) is 19.0 Å². The molecule has 0 heterocycles. The summed E-state index contributed by atoms with van der Waals surface area (Å²) in [7, 11) is 4.09. The van der Waals surface area contributed by atoms with Crippen molar-refractivity contribution in [3.05, 3.63) is 136 Å². The predicted octanol–water partition coefficient (Wildman–Crippen LogP) is 4.73. The molecular weight excluding hydrogens is 388 g/mol. The predicted molar refractivity (Wildman–Crippen MR) is 135 cm³/mol. The van der Waals surface area contributed by atoms with E-state index in [1.54, 1.807) is 0 Å². The minimum Gasteiger partial charge on any atom is -0.378 e. The molecule has 0 saturated carbocycles. The van der Waals surface area contributed by atoms with E-state index in [1.807, 2.05) is 44.4 Å². The maximum atomic E-state index is 9.18. The summed E-state index contributed by atoms with van der Waals surface area (Å²) in [4.78, 5) is 2.09. The lowest BCUT2D eigenvalue weighted by Gasteiger charge is -2.30. The average molecular weight is 415 g/mol. The van der Waals surface area contributed by atoms with Gasteiger partial charge in [-0.15, -0.1) is 0 Å². The third kappa shape index (κ3) is 3.34. The average Bonchev–Trinajstić information content (AvgIpc) is 3.25. The van der Waals surface area contributed by atoms with Crippen molar-refractivity contribution < 1.29 is 0 Å². The van der Waals surface area contributed by atoms with E-state index in [2.05, 4.69) is 89.8 Å². The molecule has 4 aromatic carbocycles.